The summed E-state index contributed by atoms with van der Waals surface area (Å²) in [5, 5.41) is 1.37. The van der Waals surface area contributed by atoms with Crippen molar-refractivity contribution in [1.82, 2.24) is 14.4 Å². The molecule has 4 rings (SSSR count). The Balaban J connectivity index is 1.64. The number of aromatic nitrogens is 1. The molecule has 1 aromatic heterocycles. The fraction of sp³-hybridized carbons (Fsp3) is 0.400. The van der Waals surface area contributed by atoms with Crippen molar-refractivity contribution >= 4 is 33.5 Å². The molecule has 0 bridgehead atoms. The number of carbonyl (C=O) groups excluding carboxylic acids is 1. The molecule has 192 valence electrons. The number of amides is 1. The molecule has 10 nitrogen and oxygen atoms in total. The van der Waals surface area contributed by atoms with E-state index in [4.69, 9.17) is 16.3 Å². The Bertz CT molecular complexity index is 1300. The predicted molar refractivity (Wildman–Crippen MR) is 138 cm³/mol. The first kappa shape index (κ1) is 26.0. The smallest absolute Gasteiger partial charge is 0.273 e. The number of pyridine rings is 1. The van der Waals surface area contributed by atoms with E-state index >= 15 is 0 Å². The van der Waals surface area contributed by atoms with Gasteiger partial charge in [-0.05, 0) is 49.6 Å². The third-order valence-corrected chi connectivity index (χ3v) is 7.95. The average Bonchev–Trinajstić information content (AvgIpc) is 3.00. The molecule has 1 amide bonds. The largest absolute Gasteiger partial charge is 0.387 e. The maximum absolute atomic E-state index is 13.1. The Morgan fingerprint density at radius 2 is 1.97 bits per heavy atom. The van der Waals surface area contributed by atoms with Crippen LogP contribution in [0.15, 0.2) is 52.1 Å². The lowest BCUT2D eigenvalue weighted by molar-refractivity contribution is -0.180. The third-order valence-electron chi connectivity index (χ3n) is 6.15. The van der Waals surface area contributed by atoms with Gasteiger partial charge in [0.15, 0.2) is 0 Å². The number of hydrogen-bond donors (Lipinski definition) is 2. The van der Waals surface area contributed by atoms with E-state index < -0.39 is 10.0 Å². The van der Waals surface area contributed by atoms with Crippen molar-refractivity contribution in [3.05, 3.63) is 47.8 Å². The van der Waals surface area contributed by atoms with Gasteiger partial charge in [-0.25, -0.2) is 18.5 Å². The van der Waals surface area contributed by atoms with Crippen LogP contribution in [0.2, 0.25) is 0 Å². The number of nitrogens with two attached hydrogens (primary N) is 2. The molecule has 0 unspecified atom stereocenters. The van der Waals surface area contributed by atoms with Crippen LogP contribution in [0.4, 0.5) is 5.69 Å². The highest BCUT2D eigenvalue weighted by atomic mass is 32.2. The van der Waals surface area contributed by atoms with E-state index in [0.717, 1.165) is 17.5 Å². The molecular weight excluding hydrogens is 480 g/mol. The summed E-state index contributed by atoms with van der Waals surface area (Å²) >= 11 is 0. The predicted octanol–water partition coefficient (Wildman–Crippen LogP) is 2.29. The van der Waals surface area contributed by atoms with Crippen LogP contribution in [0.25, 0.3) is 17.2 Å². The second-order valence-electron chi connectivity index (χ2n) is 8.88. The Morgan fingerprint density at radius 1 is 1.19 bits per heavy atom. The van der Waals surface area contributed by atoms with Crippen LogP contribution in [0.3, 0.4) is 0 Å². The number of fused-ring (bicyclic) bond motifs is 1. The van der Waals surface area contributed by atoms with Crippen molar-refractivity contribution in [3.63, 3.8) is 0 Å². The zero-order valence-corrected chi connectivity index (χ0v) is 21.4. The quantitative estimate of drug-likeness (QED) is 0.491. The molecule has 0 radical (unpaired) electrons. The van der Waals surface area contributed by atoms with Gasteiger partial charge in [0, 0.05) is 55.1 Å². The number of nitrogens with zero attached hydrogens (tertiary/aromatic N) is 4. The molecule has 2 aliphatic rings. The second-order valence-corrected chi connectivity index (χ2v) is 10.8. The molecule has 0 atom stereocenters. The van der Waals surface area contributed by atoms with E-state index in [9.17, 15) is 13.2 Å². The number of aliphatic imine (C=N–C) groups is 1. The number of amidine groups is 1. The molecule has 1 fully saturated rings. The van der Waals surface area contributed by atoms with Crippen LogP contribution in [0, 0.1) is 5.92 Å². The lowest BCUT2D eigenvalue weighted by Gasteiger charge is -2.37. The van der Waals surface area contributed by atoms with Gasteiger partial charge in [-0.15, -0.1) is 0 Å². The van der Waals surface area contributed by atoms with E-state index in [0.29, 0.717) is 55.4 Å². The highest BCUT2D eigenvalue weighted by molar-refractivity contribution is 7.89. The number of carbonyl (C=O) groups is 1. The minimum absolute atomic E-state index is 0.133. The van der Waals surface area contributed by atoms with Crippen molar-refractivity contribution in [1.29, 1.82) is 0 Å². The highest BCUT2D eigenvalue weighted by Crippen LogP contribution is 2.33. The minimum Gasteiger partial charge on any atom is -0.387 e. The third kappa shape index (κ3) is 5.34. The lowest BCUT2D eigenvalue weighted by Crippen LogP contribution is -2.52. The van der Waals surface area contributed by atoms with Crippen molar-refractivity contribution < 1.29 is 18.0 Å². The zero-order chi connectivity index (χ0) is 25.9. The molecule has 0 spiro atoms. The summed E-state index contributed by atoms with van der Waals surface area (Å²) in [5.74, 6) is 0.259. The Labute approximate surface area is 211 Å². The van der Waals surface area contributed by atoms with Gasteiger partial charge in [-0.3, -0.25) is 14.6 Å². The van der Waals surface area contributed by atoms with Crippen molar-refractivity contribution in [2.75, 3.05) is 32.8 Å². The SMILES string of the molecule is CCCN(OCC)C(=O)C1=Cc2ccc(-c3cncc(S(=O)(=O)N4CC(CN)C4)c3)cc2N=C(N)C1. The Hall–Kier alpha value is -3.12. The van der Waals surface area contributed by atoms with Crippen LogP contribution < -0.4 is 11.5 Å². The summed E-state index contributed by atoms with van der Waals surface area (Å²) in [6, 6.07) is 7.12. The van der Waals surface area contributed by atoms with Gasteiger partial charge >= 0.3 is 0 Å². The number of rotatable bonds is 9. The molecule has 3 heterocycles. The van der Waals surface area contributed by atoms with E-state index in [1.807, 2.05) is 32.0 Å². The minimum atomic E-state index is -3.64. The van der Waals surface area contributed by atoms with E-state index in [-0.39, 0.29) is 23.1 Å². The summed E-state index contributed by atoms with van der Waals surface area (Å²) in [6.45, 7) is 5.97. The molecule has 11 heteroatoms. The highest BCUT2D eigenvalue weighted by Gasteiger charge is 2.36. The summed E-state index contributed by atoms with van der Waals surface area (Å²) in [7, 11) is -3.64. The first-order valence-electron chi connectivity index (χ1n) is 12.0. The molecular formula is C25H32N6O4S. The first-order valence-corrected chi connectivity index (χ1v) is 13.5. The molecule has 1 saturated heterocycles. The molecule has 4 N–H and O–H groups in total. The van der Waals surface area contributed by atoms with Crippen LogP contribution >= 0.6 is 0 Å². The van der Waals surface area contributed by atoms with E-state index in [2.05, 4.69) is 9.98 Å². The summed E-state index contributed by atoms with van der Waals surface area (Å²) in [4.78, 5) is 27.4. The average molecular weight is 513 g/mol. The van der Waals surface area contributed by atoms with Gasteiger partial charge in [0.25, 0.3) is 5.91 Å². The molecule has 2 aromatic rings. The summed E-state index contributed by atoms with van der Waals surface area (Å²) in [5.41, 5.74) is 15.0. The Morgan fingerprint density at radius 3 is 2.67 bits per heavy atom. The van der Waals surface area contributed by atoms with Gasteiger partial charge in [-0.1, -0.05) is 19.1 Å². The number of hydrogen-bond acceptors (Lipinski definition) is 8. The van der Waals surface area contributed by atoms with Crippen LogP contribution in [-0.2, 0) is 19.7 Å². The maximum Gasteiger partial charge on any atom is 0.273 e. The van der Waals surface area contributed by atoms with Crippen molar-refractivity contribution in [2.45, 2.75) is 31.6 Å². The monoisotopic (exact) mass is 512 g/mol. The van der Waals surface area contributed by atoms with Gasteiger partial charge < -0.3 is 11.5 Å². The van der Waals surface area contributed by atoms with E-state index in [1.165, 1.54) is 15.6 Å². The van der Waals surface area contributed by atoms with Gasteiger partial charge in [0.05, 0.1) is 12.3 Å². The van der Waals surface area contributed by atoms with Crippen LogP contribution in [0.5, 0.6) is 0 Å². The van der Waals surface area contributed by atoms with Crippen LogP contribution in [-0.4, -0.2) is 67.3 Å². The summed E-state index contributed by atoms with van der Waals surface area (Å²) in [6.07, 6.45) is 5.71. The number of benzene rings is 1. The van der Waals surface area contributed by atoms with Gasteiger partial charge in [0.2, 0.25) is 10.0 Å². The summed E-state index contributed by atoms with van der Waals surface area (Å²) < 4.78 is 27.4. The molecule has 0 aliphatic carbocycles. The topological polar surface area (TPSA) is 144 Å². The molecule has 36 heavy (non-hydrogen) atoms. The Kier molecular flexibility index (Phi) is 7.84. The number of sulfonamides is 1. The second kappa shape index (κ2) is 10.9. The molecule has 2 aliphatic heterocycles. The van der Waals surface area contributed by atoms with Crippen LogP contribution in [0.1, 0.15) is 32.3 Å². The normalized spacial score (nSPS) is 16.4. The lowest BCUT2D eigenvalue weighted by atomic mass is 10.0. The van der Waals surface area contributed by atoms with Crippen molar-refractivity contribution in [3.8, 4) is 11.1 Å². The first-order chi connectivity index (χ1) is 17.3. The maximum atomic E-state index is 13.1. The molecule has 1 aromatic carbocycles. The van der Waals surface area contributed by atoms with Gasteiger partial charge in [-0.2, -0.15) is 4.31 Å². The fourth-order valence-electron chi connectivity index (χ4n) is 4.19. The number of hydroxylamine groups is 2. The zero-order valence-electron chi connectivity index (χ0n) is 20.6. The van der Waals surface area contributed by atoms with E-state index in [1.54, 1.807) is 18.3 Å². The van der Waals surface area contributed by atoms with Crippen molar-refractivity contribution in [2.24, 2.45) is 22.4 Å². The molecule has 0 saturated carbocycles. The standard InChI is InChI=1S/C25H32N6O4S/c1-3-7-31(35-4-2)25(32)20-8-19-6-5-18(10-23(19)29-24(27)11-20)21-9-22(14-28-13-21)36(33,34)30-15-17(12-26)16-30/h5-6,8-10,13-14,17H,3-4,7,11-12,15-16,26H2,1-2H3,(H2,27,29). The fourth-order valence-corrected chi connectivity index (χ4v) is 5.77. The van der Waals surface area contributed by atoms with Gasteiger partial charge in [0.1, 0.15) is 10.7 Å².